The Labute approximate surface area is 148 Å². The van der Waals surface area contributed by atoms with Gasteiger partial charge in [0.15, 0.2) is 0 Å². The molecule has 2 rings (SSSR count). The summed E-state index contributed by atoms with van der Waals surface area (Å²) in [5.41, 5.74) is 0.517. The van der Waals surface area contributed by atoms with Crippen molar-refractivity contribution in [2.45, 2.75) is 44.7 Å². The third kappa shape index (κ3) is 5.44. The van der Waals surface area contributed by atoms with Gasteiger partial charge < -0.3 is 9.73 Å². The number of hydrogen-bond donors (Lipinski definition) is 1. The van der Waals surface area contributed by atoms with Crippen LogP contribution in [0.15, 0.2) is 52.0 Å². The zero-order chi connectivity index (χ0) is 18.7. The molecule has 1 aromatic carbocycles. The molecule has 0 spiro atoms. The third-order valence-electron chi connectivity index (χ3n) is 3.41. The van der Waals surface area contributed by atoms with Gasteiger partial charge in [0.05, 0.1) is 24.2 Å². The summed E-state index contributed by atoms with van der Waals surface area (Å²) in [4.78, 5) is 12.4. The molecule has 1 N–H and O–H groups in total. The highest BCUT2D eigenvalue weighted by molar-refractivity contribution is 7.89. The van der Waals surface area contributed by atoms with E-state index in [1.807, 2.05) is 27.7 Å². The lowest BCUT2D eigenvalue weighted by molar-refractivity contribution is -0.122. The highest BCUT2D eigenvalue weighted by Gasteiger charge is 2.28. The molecule has 1 amide bonds. The summed E-state index contributed by atoms with van der Waals surface area (Å²) in [5, 5.41) is 2.79. The number of carbonyl (C=O) groups excluding carboxylic acids is 1. The van der Waals surface area contributed by atoms with E-state index >= 15 is 0 Å². The van der Waals surface area contributed by atoms with Gasteiger partial charge in [0.25, 0.3) is 0 Å². The minimum absolute atomic E-state index is 0.0131. The van der Waals surface area contributed by atoms with Crippen molar-refractivity contribution in [2.24, 2.45) is 0 Å². The molecule has 0 fully saturated rings. The average Bonchev–Trinajstić information content (AvgIpc) is 2.98. The second-order valence-corrected chi connectivity index (χ2v) is 8.90. The van der Waals surface area contributed by atoms with E-state index in [-0.39, 0.29) is 23.9 Å². The van der Waals surface area contributed by atoms with Gasteiger partial charge in [-0.05, 0) is 52.0 Å². The van der Waals surface area contributed by atoms with Crippen molar-refractivity contribution in [3.05, 3.63) is 54.0 Å². The van der Waals surface area contributed by atoms with Gasteiger partial charge in [-0.3, -0.25) is 4.79 Å². The van der Waals surface area contributed by atoms with E-state index in [4.69, 9.17) is 4.42 Å². The fraction of sp³-hybridized carbons (Fsp3) is 0.389. The standard InChI is InChI=1S/C18H24N2O4S/c1-14-7-9-16(10-8-14)25(22,23)20(12-15-6-5-11-24-15)13-17(21)19-18(2,3)4/h5-11H,12-13H2,1-4H3,(H,19,21). The van der Waals surface area contributed by atoms with E-state index in [0.29, 0.717) is 5.76 Å². The molecule has 0 unspecified atom stereocenters. The maximum atomic E-state index is 13.0. The zero-order valence-electron chi connectivity index (χ0n) is 14.9. The van der Waals surface area contributed by atoms with Crippen LogP contribution < -0.4 is 5.32 Å². The van der Waals surface area contributed by atoms with Crippen LogP contribution in [0.3, 0.4) is 0 Å². The van der Waals surface area contributed by atoms with Crippen molar-refractivity contribution >= 4 is 15.9 Å². The van der Waals surface area contributed by atoms with E-state index in [2.05, 4.69) is 5.32 Å². The topological polar surface area (TPSA) is 79.6 Å². The van der Waals surface area contributed by atoms with Crippen LogP contribution in [0.25, 0.3) is 0 Å². The van der Waals surface area contributed by atoms with Crippen molar-refractivity contribution in [3.8, 4) is 0 Å². The molecule has 0 aliphatic heterocycles. The largest absolute Gasteiger partial charge is 0.468 e. The lowest BCUT2D eigenvalue weighted by Gasteiger charge is -2.25. The molecule has 25 heavy (non-hydrogen) atoms. The molecular formula is C18H24N2O4S. The highest BCUT2D eigenvalue weighted by atomic mass is 32.2. The number of benzene rings is 1. The Morgan fingerprint density at radius 1 is 1.16 bits per heavy atom. The van der Waals surface area contributed by atoms with E-state index in [1.54, 1.807) is 36.4 Å². The number of sulfonamides is 1. The van der Waals surface area contributed by atoms with Crippen LogP contribution in [-0.2, 0) is 21.4 Å². The van der Waals surface area contributed by atoms with Crippen LogP contribution in [0.5, 0.6) is 0 Å². The second-order valence-electron chi connectivity index (χ2n) is 6.96. The number of rotatable bonds is 6. The Hall–Kier alpha value is -2.12. The first-order valence-electron chi connectivity index (χ1n) is 7.98. The molecule has 6 nitrogen and oxygen atoms in total. The SMILES string of the molecule is Cc1ccc(S(=O)(=O)N(CC(=O)NC(C)(C)C)Cc2ccco2)cc1. The van der Waals surface area contributed by atoms with Crippen molar-refractivity contribution in [1.29, 1.82) is 0 Å². The van der Waals surface area contributed by atoms with E-state index in [9.17, 15) is 13.2 Å². The maximum absolute atomic E-state index is 13.0. The molecule has 0 saturated heterocycles. The number of amides is 1. The molecule has 136 valence electrons. The minimum Gasteiger partial charge on any atom is -0.468 e. The van der Waals surface area contributed by atoms with Crippen LogP contribution in [0, 0.1) is 6.92 Å². The quantitative estimate of drug-likeness (QED) is 0.855. The molecule has 0 saturated carbocycles. The molecule has 1 aromatic heterocycles. The molecule has 1 heterocycles. The number of hydrogen-bond acceptors (Lipinski definition) is 4. The predicted molar refractivity (Wildman–Crippen MR) is 95.4 cm³/mol. The molecule has 0 bridgehead atoms. The molecule has 0 aliphatic carbocycles. The second kappa shape index (κ2) is 7.41. The summed E-state index contributed by atoms with van der Waals surface area (Å²) < 4.78 is 32.3. The van der Waals surface area contributed by atoms with Gasteiger partial charge in [0.2, 0.25) is 15.9 Å². The Bertz CT molecular complexity index is 804. The van der Waals surface area contributed by atoms with E-state index in [0.717, 1.165) is 9.87 Å². The minimum atomic E-state index is -3.83. The Kier molecular flexibility index (Phi) is 5.69. The molecule has 0 aliphatic rings. The normalized spacial score (nSPS) is 12.4. The molecular weight excluding hydrogens is 340 g/mol. The summed E-state index contributed by atoms with van der Waals surface area (Å²) in [6, 6.07) is 9.91. The first-order chi connectivity index (χ1) is 11.6. The Balaban J connectivity index is 2.29. The summed E-state index contributed by atoms with van der Waals surface area (Å²) in [7, 11) is -3.83. The van der Waals surface area contributed by atoms with Crippen molar-refractivity contribution in [1.82, 2.24) is 9.62 Å². The first-order valence-corrected chi connectivity index (χ1v) is 9.42. The molecule has 7 heteroatoms. The summed E-state index contributed by atoms with van der Waals surface area (Å²) in [6.45, 7) is 7.12. The van der Waals surface area contributed by atoms with Gasteiger partial charge in [-0.15, -0.1) is 0 Å². The van der Waals surface area contributed by atoms with E-state index < -0.39 is 15.6 Å². The summed E-state index contributed by atoms with van der Waals surface area (Å²) in [5.74, 6) is 0.106. The Morgan fingerprint density at radius 2 is 1.80 bits per heavy atom. The van der Waals surface area contributed by atoms with Crippen molar-refractivity contribution < 1.29 is 17.6 Å². The number of carbonyl (C=O) groups is 1. The zero-order valence-corrected chi connectivity index (χ0v) is 15.8. The van der Waals surface area contributed by atoms with Crippen molar-refractivity contribution in [2.75, 3.05) is 6.54 Å². The fourth-order valence-corrected chi connectivity index (χ4v) is 3.64. The third-order valence-corrected chi connectivity index (χ3v) is 5.21. The number of nitrogens with one attached hydrogen (secondary N) is 1. The van der Waals surface area contributed by atoms with Crippen molar-refractivity contribution in [3.63, 3.8) is 0 Å². The lowest BCUT2D eigenvalue weighted by Crippen LogP contribution is -2.47. The van der Waals surface area contributed by atoms with E-state index in [1.165, 1.54) is 6.26 Å². The maximum Gasteiger partial charge on any atom is 0.243 e. The van der Waals surface area contributed by atoms with Crippen LogP contribution in [0.4, 0.5) is 0 Å². The number of nitrogens with zero attached hydrogens (tertiary/aromatic N) is 1. The number of aryl methyl sites for hydroxylation is 1. The van der Waals surface area contributed by atoms with Crippen LogP contribution >= 0.6 is 0 Å². The molecule has 0 radical (unpaired) electrons. The van der Waals surface area contributed by atoms with Gasteiger partial charge in [-0.2, -0.15) is 4.31 Å². The fourth-order valence-electron chi connectivity index (χ4n) is 2.28. The molecule has 2 aromatic rings. The van der Waals surface area contributed by atoms with Gasteiger partial charge in [-0.1, -0.05) is 17.7 Å². The van der Waals surface area contributed by atoms with Crippen LogP contribution in [0.2, 0.25) is 0 Å². The van der Waals surface area contributed by atoms with Crippen LogP contribution in [-0.4, -0.2) is 30.7 Å². The monoisotopic (exact) mass is 364 g/mol. The smallest absolute Gasteiger partial charge is 0.243 e. The predicted octanol–water partition coefficient (Wildman–Crippen LogP) is 2.69. The average molecular weight is 364 g/mol. The van der Waals surface area contributed by atoms with Gasteiger partial charge in [0.1, 0.15) is 5.76 Å². The van der Waals surface area contributed by atoms with Gasteiger partial charge in [0, 0.05) is 5.54 Å². The Morgan fingerprint density at radius 3 is 2.32 bits per heavy atom. The van der Waals surface area contributed by atoms with Crippen LogP contribution in [0.1, 0.15) is 32.1 Å². The molecule has 0 atom stereocenters. The first kappa shape index (κ1) is 19.2. The summed E-state index contributed by atoms with van der Waals surface area (Å²) >= 11 is 0. The summed E-state index contributed by atoms with van der Waals surface area (Å²) in [6.07, 6.45) is 1.47. The lowest BCUT2D eigenvalue weighted by atomic mass is 10.1. The number of furan rings is 1. The van der Waals surface area contributed by atoms with Gasteiger partial charge in [-0.25, -0.2) is 8.42 Å². The highest BCUT2D eigenvalue weighted by Crippen LogP contribution is 2.19. The van der Waals surface area contributed by atoms with Gasteiger partial charge >= 0.3 is 0 Å².